The fraction of sp³-hybridized carbons (Fsp3) is 0.474. The zero-order chi connectivity index (χ0) is 20.6. The molecule has 2 saturated heterocycles. The Labute approximate surface area is 171 Å². The third kappa shape index (κ3) is 4.55. The molecule has 0 saturated carbocycles. The molecule has 0 aliphatic carbocycles. The zero-order valence-electron chi connectivity index (χ0n) is 15.7. The number of fused-ring (bicyclic) bond motifs is 1. The number of nitrogens with one attached hydrogen (secondary N) is 3. The van der Waals surface area contributed by atoms with Crippen LogP contribution >= 0.6 is 11.6 Å². The molecule has 1 aromatic heterocycles. The Morgan fingerprint density at radius 2 is 2.03 bits per heavy atom. The lowest BCUT2D eigenvalue weighted by molar-refractivity contribution is -0.114. The molecule has 10 heteroatoms. The summed E-state index contributed by atoms with van der Waals surface area (Å²) in [4.78, 5) is 30.4. The van der Waals surface area contributed by atoms with E-state index in [1.807, 2.05) is 18.2 Å². The first-order valence-corrected chi connectivity index (χ1v) is 9.90. The first kappa shape index (κ1) is 19.8. The van der Waals surface area contributed by atoms with Gasteiger partial charge in [0.05, 0.1) is 19.6 Å². The van der Waals surface area contributed by atoms with Gasteiger partial charge in [0.15, 0.2) is 0 Å². The SMILES string of the molecule is O=C(NCc1cc2cc(Cl)ccc2[nH]1)N[C@@H]1CCCN(C(=O)N2CC(F)(F)C2)C1. The van der Waals surface area contributed by atoms with Gasteiger partial charge >= 0.3 is 12.1 Å². The summed E-state index contributed by atoms with van der Waals surface area (Å²) in [7, 11) is 0. The molecule has 3 N–H and O–H groups in total. The van der Waals surface area contributed by atoms with Gasteiger partial charge in [0.1, 0.15) is 0 Å². The number of halogens is 3. The number of hydrogen-bond acceptors (Lipinski definition) is 2. The summed E-state index contributed by atoms with van der Waals surface area (Å²) >= 11 is 5.98. The smallest absolute Gasteiger partial charge is 0.320 e. The highest BCUT2D eigenvalue weighted by molar-refractivity contribution is 6.31. The third-order valence-corrected chi connectivity index (χ3v) is 5.46. The van der Waals surface area contributed by atoms with Crippen LogP contribution in [-0.4, -0.2) is 65.0 Å². The number of piperidine rings is 1. The van der Waals surface area contributed by atoms with Gasteiger partial charge in [-0.25, -0.2) is 18.4 Å². The molecule has 0 radical (unpaired) electrons. The van der Waals surface area contributed by atoms with E-state index in [0.717, 1.165) is 27.9 Å². The molecule has 2 aliphatic rings. The van der Waals surface area contributed by atoms with E-state index in [2.05, 4.69) is 15.6 Å². The lowest BCUT2D eigenvalue weighted by Crippen LogP contribution is -2.63. The summed E-state index contributed by atoms with van der Waals surface area (Å²) in [5, 5.41) is 7.27. The van der Waals surface area contributed by atoms with Gasteiger partial charge in [0, 0.05) is 40.8 Å². The Kier molecular flexibility index (Phi) is 5.24. The molecule has 2 fully saturated rings. The lowest BCUT2D eigenvalue weighted by atomic mass is 10.1. The fourth-order valence-corrected chi connectivity index (χ4v) is 3.97. The number of benzene rings is 1. The molecule has 1 aromatic carbocycles. The van der Waals surface area contributed by atoms with Gasteiger partial charge < -0.3 is 25.4 Å². The summed E-state index contributed by atoms with van der Waals surface area (Å²) in [5.74, 6) is -2.78. The monoisotopic (exact) mass is 425 g/mol. The lowest BCUT2D eigenvalue weighted by Gasteiger charge is -2.43. The highest BCUT2D eigenvalue weighted by Crippen LogP contribution is 2.28. The number of aromatic amines is 1. The maximum atomic E-state index is 13.0. The van der Waals surface area contributed by atoms with E-state index >= 15 is 0 Å². The summed E-state index contributed by atoms with van der Waals surface area (Å²) in [6, 6.07) is 6.50. The van der Waals surface area contributed by atoms with Gasteiger partial charge in [0.2, 0.25) is 0 Å². The largest absolute Gasteiger partial charge is 0.357 e. The number of hydrogen-bond donors (Lipinski definition) is 3. The number of amides is 4. The number of aromatic nitrogens is 1. The molecule has 2 aliphatic heterocycles. The Morgan fingerprint density at radius 1 is 1.24 bits per heavy atom. The molecule has 0 unspecified atom stereocenters. The van der Waals surface area contributed by atoms with E-state index in [0.29, 0.717) is 31.1 Å². The molecule has 0 spiro atoms. The summed E-state index contributed by atoms with van der Waals surface area (Å²) in [6.07, 6.45) is 1.45. The van der Waals surface area contributed by atoms with Crippen molar-refractivity contribution in [1.82, 2.24) is 25.4 Å². The maximum Gasteiger partial charge on any atom is 0.320 e. The minimum Gasteiger partial charge on any atom is -0.357 e. The van der Waals surface area contributed by atoms with Crippen LogP contribution in [0.1, 0.15) is 18.5 Å². The number of alkyl halides is 2. The predicted molar refractivity (Wildman–Crippen MR) is 105 cm³/mol. The van der Waals surface area contributed by atoms with Crippen LogP contribution in [0.5, 0.6) is 0 Å². The number of carbonyl (C=O) groups is 2. The van der Waals surface area contributed by atoms with Crippen LogP contribution in [0.3, 0.4) is 0 Å². The van der Waals surface area contributed by atoms with Gasteiger partial charge in [0.25, 0.3) is 5.92 Å². The highest BCUT2D eigenvalue weighted by Gasteiger charge is 2.47. The van der Waals surface area contributed by atoms with E-state index in [1.165, 1.54) is 4.90 Å². The molecule has 7 nitrogen and oxygen atoms in total. The third-order valence-electron chi connectivity index (χ3n) is 5.22. The Hall–Kier alpha value is -2.55. The van der Waals surface area contributed by atoms with Crippen LogP contribution in [0.15, 0.2) is 24.3 Å². The minimum atomic E-state index is -2.78. The molecule has 0 bridgehead atoms. The summed E-state index contributed by atoms with van der Waals surface area (Å²) in [6.45, 7) is 0.0845. The fourth-order valence-electron chi connectivity index (χ4n) is 3.79. The number of rotatable bonds is 3. The van der Waals surface area contributed by atoms with E-state index in [-0.39, 0.29) is 18.1 Å². The predicted octanol–water partition coefficient (Wildman–Crippen LogP) is 3.16. The molecule has 156 valence electrons. The minimum absolute atomic E-state index is 0.212. The van der Waals surface area contributed by atoms with Crippen molar-refractivity contribution in [1.29, 1.82) is 0 Å². The average molecular weight is 426 g/mol. The quantitative estimate of drug-likeness (QED) is 0.706. The van der Waals surface area contributed by atoms with Crippen molar-refractivity contribution in [3.8, 4) is 0 Å². The highest BCUT2D eigenvalue weighted by atomic mass is 35.5. The van der Waals surface area contributed by atoms with Crippen molar-refractivity contribution < 1.29 is 18.4 Å². The summed E-state index contributed by atoms with van der Waals surface area (Å²) < 4.78 is 26.0. The average Bonchev–Trinajstić information content (AvgIpc) is 3.06. The van der Waals surface area contributed by atoms with E-state index in [4.69, 9.17) is 11.6 Å². The van der Waals surface area contributed by atoms with E-state index in [1.54, 1.807) is 6.07 Å². The van der Waals surface area contributed by atoms with Crippen molar-refractivity contribution in [3.05, 3.63) is 35.0 Å². The van der Waals surface area contributed by atoms with Gasteiger partial charge in [-0.05, 0) is 37.1 Å². The van der Waals surface area contributed by atoms with E-state index in [9.17, 15) is 18.4 Å². The first-order chi connectivity index (χ1) is 13.8. The van der Waals surface area contributed by atoms with Crippen molar-refractivity contribution in [2.75, 3.05) is 26.2 Å². The Balaban J connectivity index is 1.26. The maximum absolute atomic E-state index is 13.0. The molecule has 2 aromatic rings. The second-order valence-corrected chi connectivity index (χ2v) is 8.07. The van der Waals surface area contributed by atoms with E-state index < -0.39 is 19.0 Å². The first-order valence-electron chi connectivity index (χ1n) is 9.52. The molecule has 4 rings (SSSR count). The topological polar surface area (TPSA) is 80.5 Å². The molecule has 4 amide bonds. The number of nitrogens with zero attached hydrogens (tertiary/aromatic N) is 2. The van der Waals surface area contributed by atoms with Gasteiger partial charge in [-0.3, -0.25) is 0 Å². The number of carbonyl (C=O) groups excluding carboxylic acids is 2. The molecule has 3 heterocycles. The molecule has 1 atom stereocenters. The number of urea groups is 2. The van der Waals surface area contributed by atoms with Crippen LogP contribution in [0, 0.1) is 0 Å². The van der Waals surface area contributed by atoms with Crippen molar-refractivity contribution in [2.45, 2.75) is 31.4 Å². The van der Waals surface area contributed by atoms with Gasteiger partial charge in [-0.2, -0.15) is 0 Å². The second kappa shape index (κ2) is 7.70. The molecule has 29 heavy (non-hydrogen) atoms. The van der Waals surface area contributed by atoms with Crippen LogP contribution in [0.2, 0.25) is 5.02 Å². The standard InChI is InChI=1S/C19H22ClF2N5O2/c20-13-3-4-16-12(6-13)7-15(24-16)8-23-17(28)25-14-2-1-5-26(9-14)18(29)27-10-19(21,22)11-27/h3-4,6-7,14,24H,1-2,5,8-11H2,(H2,23,25,28)/t14-/m1/s1. The van der Waals surface area contributed by atoms with Crippen molar-refractivity contribution in [2.24, 2.45) is 0 Å². The summed E-state index contributed by atoms with van der Waals surface area (Å²) in [5.41, 5.74) is 1.78. The van der Waals surface area contributed by atoms with Crippen molar-refractivity contribution >= 4 is 34.6 Å². The molecular formula is C19H22ClF2N5O2. The van der Waals surface area contributed by atoms with Crippen LogP contribution in [0.4, 0.5) is 18.4 Å². The van der Waals surface area contributed by atoms with Crippen LogP contribution in [0.25, 0.3) is 10.9 Å². The Morgan fingerprint density at radius 3 is 2.79 bits per heavy atom. The second-order valence-electron chi connectivity index (χ2n) is 7.63. The van der Waals surface area contributed by atoms with Gasteiger partial charge in [-0.15, -0.1) is 0 Å². The van der Waals surface area contributed by atoms with Gasteiger partial charge in [-0.1, -0.05) is 11.6 Å². The number of H-pyrrole nitrogens is 1. The zero-order valence-corrected chi connectivity index (χ0v) is 16.4. The van der Waals surface area contributed by atoms with Crippen molar-refractivity contribution in [3.63, 3.8) is 0 Å². The van der Waals surface area contributed by atoms with Crippen LogP contribution in [-0.2, 0) is 6.54 Å². The number of likely N-dealkylation sites (tertiary alicyclic amines) is 2. The normalized spacial score (nSPS) is 21.0. The van der Waals surface area contributed by atoms with Crippen LogP contribution < -0.4 is 10.6 Å². The Bertz CT molecular complexity index is 926. The molecular weight excluding hydrogens is 404 g/mol.